The minimum atomic E-state index is 0.522. The number of aromatic nitrogens is 2. The number of hydrogen-bond acceptors (Lipinski definition) is 4. The Morgan fingerprint density at radius 1 is 1.38 bits per heavy atom. The normalized spacial score (nSPS) is 14.7. The minimum absolute atomic E-state index is 0.522. The summed E-state index contributed by atoms with van der Waals surface area (Å²) in [5.41, 5.74) is 0. The summed E-state index contributed by atoms with van der Waals surface area (Å²) >= 11 is 1.79. The minimum Gasteiger partial charge on any atom is -0.313 e. The van der Waals surface area contributed by atoms with Crippen molar-refractivity contribution >= 4 is 11.8 Å². The molecular formula is C12H21N3S. The van der Waals surface area contributed by atoms with Crippen LogP contribution in [0.4, 0.5) is 0 Å². The fourth-order valence-corrected chi connectivity index (χ4v) is 2.67. The maximum absolute atomic E-state index is 4.29. The molecule has 1 aromatic rings. The van der Waals surface area contributed by atoms with Gasteiger partial charge in [-0.3, -0.25) is 4.98 Å². The van der Waals surface area contributed by atoms with Gasteiger partial charge in [0.05, 0.1) is 6.20 Å². The molecule has 1 N–H and O–H groups in total. The van der Waals surface area contributed by atoms with Gasteiger partial charge in [-0.1, -0.05) is 20.8 Å². The van der Waals surface area contributed by atoms with Crippen molar-refractivity contribution < 1.29 is 0 Å². The smallest absolute Gasteiger partial charge is 0.115 e. The zero-order valence-electron chi connectivity index (χ0n) is 10.3. The molecule has 2 unspecified atom stereocenters. The van der Waals surface area contributed by atoms with E-state index in [-0.39, 0.29) is 0 Å². The topological polar surface area (TPSA) is 37.8 Å². The van der Waals surface area contributed by atoms with Crippen LogP contribution in [0.15, 0.2) is 23.6 Å². The molecule has 16 heavy (non-hydrogen) atoms. The lowest BCUT2D eigenvalue weighted by Gasteiger charge is -2.22. The second-order valence-corrected chi connectivity index (χ2v) is 5.23. The van der Waals surface area contributed by atoms with Gasteiger partial charge in [0.2, 0.25) is 0 Å². The van der Waals surface area contributed by atoms with Crippen molar-refractivity contribution in [2.45, 2.75) is 49.9 Å². The summed E-state index contributed by atoms with van der Waals surface area (Å²) in [6, 6.07) is 0.548. The predicted molar refractivity (Wildman–Crippen MR) is 69.7 cm³/mol. The third-order valence-corrected chi connectivity index (χ3v) is 3.66. The van der Waals surface area contributed by atoms with Crippen LogP contribution in [0.5, 0.6) is 0 Å². The quantitative estimate of drug-likeness (QED) is 0.742. The number of thioether (sulfide) groups is 1. The third-order valence-electron chi connectivity index (χ3n) is 2.51. The van der Waals surface area contributed by atoms with E-state index >= 15 is 0 Å². The zero-order valence-corrected chi connectivity index (χ0v) is 11.1. The Morgan fingerprint density at radius 2 is 2.19 bits per heavy atom. The van der Waals surface area contributed by atoms with E-state index < -0.39 is 0 Å². The first-order valence-electron chi connectivity index (χ1n) is 5.94. The van der Waals surface area contributed by atoms with E-state index in [0.29, 0.717) is 11.3 Å². The van der Waals surface area contributed by atoms with E-state index in [2.05, 4.69) is 36.1 Å². The molecule has 0 bridgehead atoms. The van der Waals surface area contributed by atoms with Gasteiger partial charge in [-0.2, -0.15) is 0 Å². The molecule has 0 aliphatic rings. The van der Waals surface area contributed by atoms with Crippen molar-refractivity contribution in [3.05, 3.63) is 18.6 Å². The van der Waals surface area contributed by atoms with Crippen molar-refractivity contribution in [3.63, 3.8) is 0 Å². The highest BCUT2D eigenvalue weighted by atomic mass is 32.2. The molecule has 0 radical (unpaired) electrons. The zero-order chi connectivity index (χ0) is 11.8. The van der Waals surface area contributed by atoms with Crippen LogP contribution in [0.3, 0.4) is 0 Å². The SMILES string of the molecule is CCCNC(CC)C(C)Sc1cnccn1. The second kappa shape index (κ2) is 7.63. The van der Waals surface area contributed by atoms with Crippen LogP contribution in [0.2, 0.25) is 0 Å². The van der Waals surface area contributed by atoms with Gasteiger partial charge in [0.15, 0.2) is 0 Å². The lowest BCUT2D eigenvalue weighted by Crippen LogP contribution is -2.36. The Labute approximate surface area is 102 Å². The molecule has 1 aromatic heterocycles. The standard InChI is InChI=1S/C12H21N3S/c1-4-6-14-11(5-2)10(3)16-12-9-13-7-8-15-12/h7-11,14H,4-6H2,1-3H3. The summed E-state index contributed by atoms with van der Waals surface area (Å²) in [4.78, 5) is 8.37. The maximum Gasteiger partial charge on any atom is 0.115 e. The van der Waals surface area contributed by atoms with E-state index in [1.807, 2.05) is 6.20 Å². The van der Waals surface area contributed by atoms with E-state index in [1.54, 1.807) is 24.2 Å². The summed E-state index contributed by atoms with van der Waals surface area (Å²) in [5, 5.41) is 5.10. The molecule has 3 nitrogen and oxygen atoms in total. The predicted octanol–water partition coefficient (Wildman–Crippen LogP) is 2.74. The molecule has 0 fully saturated rings. The van der Waals surface area contributed by atoms with Crippen LogP contribution < -0.4 is 5.32 Å². The Kier molecular flexibility index (Phi) is 6.42. The van der Waals surface area contributed by atoms with Gasteiger partial charge in [0.1, 0.15) is 5.03 Å². The molecule has 0 aliphatic carbocycles. The van der Waals surface area contributed by atoms with Crippen LogP contribution in [-0.2, 0) is 0 Å². The number of nitrogens with zero attached hydrogens (tertiary/aromatic N) is 2. The van der Waals surface area contributed by atoms with Crippen molar-refractivity contribution in [2.24, 2.45) is 0 Å². The van der Waals surface area contributed by atoms with E-state index in [1.165, 1.54) is 6.42 Å². The molecule has 0 spiro atoms. The monoisotopic (exact) mass is 239 g/mol. The molecule has 0 saturated heterocycles. The van der Waals surface area contributed by atoms with Crippen LogP contribution in [0.25, 0.3) is 0 Å². The Balaban J connectivity index is 2.46. The van der Waals surface area contributed by atoms with Crippen molar-refractivity contribution in [2.75, 3.05) is 6.54 Å². The molecule has 0 saturated carbocycles. The lowest BCUT2D eigenvalue weighted by atomic mass is 10.1. The van der Waals surface area contributed by atoms with Crippen LogP contribution >= 0.6 is 11.8 Å². The summed E-state index contributed by atoms with van der Waals surface area (Å²) in [7, 11) is 0. The average Bonchev–Trinajstić information content (AvgIpc) is 2.31. The number of nitrogens with one attached hydrogen (secondary N) is 1. The van der Waals surface area contributed by atoms with Gasteiger partial charge in [-0.25, -0.2) is 4.98 Å². The molecule has 2 atom stereocenters. The first-order valence-corrected chi connectivity index (χ1v) is 6.82. The Bertz CT molecular complexity index is 279. The molecule has 4 heteroatoms. The first-order chi connectivity index (χ1) is 7.77. The van der Waals surface area contributed by atoms with Gasteiger partial charge in [-0.15, -0.1) is 11.8 Å². The molecule has 0 aliphatic heterocycles. The fraction of sp³-hybridized carbons (Fsp3) is 0.667. The highest BCUT2D eigenvalue weighted by Crippen LogP contribution is 2.23. The van der Waals surface area contributed by atoms with E-state index in [4.69, 9.17) is 0 Å². The lowest BCUT2D eigenvalue weighted by molar-refractivity contribution is 0.493. The number of rotatable bonds is 7. The largest absolute Gasteiger partial charge is 0.313 e. The van der Waals surface area contributed by atoms with Crippen LogP contribution in [-0.4, -0.2) is 27.8 Å². The third kappa shape index (κ3) is 4.49. The van der Waals surface area contributed by atoms with Crippen molar-refractivity contribution in [1.29, 1.82) is 0 Å². The molecular weight excluding hydrogens is 218 g/mol. The van der Waals surface area contributed by atoms with Gasteiger partial charge >= 0.3 is 0 Å². The summed E-state index contributed by atoms with van der Waals surface area (Å²) in [6.45, 7) is 7.75. The Morgan fingerprint density at radius 3 is 2.75 bits per heavy atom. The highest BCUT2D eigenvalue weighted by molar-refractivity contribution is 7.99. The van der Waals surface area contributed by atoms with Crippen LogP contribution in [0, 0.1) is 0 Å². The molecule has 1 heterocycles. The molecule has 0 aromatic carbocycles. The van der Waals surface area contributed by atoms with Crippen LogP contribution in [0.1, 0.15) is 33.6 Å². The van der Waals surface area contributed by atoms with Crippen molar-refractivity contribution in [3.8, 4) is 0 Å². The van der Waals surface area contributed by atoms with Gasteiger partial charge < -0.3 is 5.32 Å². The second-order valence-electron chi connectivity index (χ2n) is 3.84. The van der Waals surface area contributed by atoms with E-state index in [0.717, 1.165) is 18.0 Å². The van der Waals surface area contributed by atoms with E-state index in [9.17, 15) is 0 Å². The van der Waals surface area contributed by atoms with Crippen molar-refractivity contribution in [1.82, 2.24) is 15.3 Å². The summed E-state index contributed by atoms with van der Waals surface area (Å²) in [6.07, 6.45) is 7.61. The maximum atomic E-state index is 4.29. The molecule has 90 valence electrons. The van der Waals surface area contributed by atoms with Gasteiger partial charge in [-0.05, 0) is 19.4 Å². The number of hydrogen-bond donors (Lipinski definition) is 1. The average molecular weight is 239 g/mol. The summed E-state index contributed by atoms with van der Waals surface area (Å²) in [5.74, 6) is 0. The van der Waals surface area contributed by atoms with Gasteiger partial charge in [0.25, 0.3) is 0 Å². The first kappa shape index (κ1) is 13.5. The van der Waals surface area contributed by atoms with Gasteiger partial charge in [0, 0.05) is 23.7 Å². The summed E-state index contributed by atoms with van der Waals surface area (Å²) < 4.78 is 0. The molecule has 0 amide bonds. The Hall–Kier alpha value is -0.610. The highest BCUT2D eigenvalue weighted by Gasteiger charge is 2.16. The fourth-order valence-electron chi connectivity index (χ4n) is 1.59. The molecule has 1 rings (SSSR count).